The number of rotatable bonds is 3. The molecule has 1 aromatic rings. The van der Waals surface area contributed by atoms with Crippen molar-refractivity contribution in [3.05, 3.63) is 33.8 Å². The molecule has 1 aliphatic carbocycles. The molecule has 1 aromatic carbocycles. The third-order valence-electron chi connectivity index (χ3n) is 3.58. The van der Waals surface area contributed by atoms with E-state index in [9.17, 15) is 9.59 Å². The SMILES string of the molecule is CC1(C)C(C(=O)O)C1C(=O)c1ccc(Cl)c(Cl)c1. The van der Waals surface area contributed by atoms with Crippen LogP contribution in [0.15, 0.2) is 18.2 Å². The number of halogens is 2. The van der Waals surface area contributed by atoms with Crippen LogP contribution in [0.5, 0.6) is 0 Å². The fraction of sp³-hybridized carbons (Fsp3) is 0.385. The maximum absolute atomic E-state index is 12.2. The van der Waals surface area contributed by atoms with Gasteiger partial charge in [0.2, 0.25) is 0 Å². The number of hydrogen-bond acceptors (Lipinski definition) is 2. The molecule has 2 atom stereocenters. The zero-order valence-electron chi connectivity index (χ0n) is 9.91. The molecule has 0 aliphatic heterocycles. The second-order valence-corrected chi connectivity index (χ2v) is 5.92. The van der Waals surface area contributed by atoms with Crippen molar-refractivity contribution in [2.45, 2.75) is 13.8 Å². The van der Waals surface area contributed by atoms with Gasteiger partial charge in [0.15, 0.2) is 5.78 Å². The molecule has 1 aliphatic rings. The van der Waals surface area contributed by atoms with Gasteiger partial charge in [-0.05, 0) is 23.6 Å². The highest BCUT2D eigenvalue weighted by molar-refractivity contribution is 6.42. The van der Waals surface area contributed by atoms with Gasteiger partial charge in [-0.25, -0.2) is 0 Å². The predicted molar refractivity (Wildman–Crippen MR) is 69.2 cm³/mol. The lowest BCUT2D eigenvalue weighted by Gasteiger charge is -2.03. The Morgan fingerprint density at radius 3 is 2.22 bits per heavy atom. The standard InChI is InChI=1S/C13H12Cl2O3/c1-13(2)9(10(13)12(17)18)11(16)6-3-4-7(14)8(15)5-6/h3-5,9-10H,1-2H3,(H,17,18). The van der Waals surface area contributed by atoms with E-state index in [1.165, 1.54) is 6.07 Å². The van der Waals surface area contributed by atoms with E-state index in [-0.39, 0.29) is 5.78 Å². The van der Waals surface area contributed by atoms with Gasteiger partial charge in [-0.2, -0.15) is 0 Å². The molecule has 1 fully saturated rings. The Morgan fingerprint density at radius 2 is 1.78 bits per heavy atom. The van der Waals surface area contributed by atoms with E-state index < -0.39 is 23.2 Å². The van der Waals surface area contributed by atoms with Gasteiger partial charge in [0.25, 0.3) is 0 Å². The molecule has 0 amide bonds. The van der Waals surface area contributed by atoms with Crippen LogP contribution >= 0.6 is 23.2 Å². The molecule has 3 nitrogen and oxygen atoms in total. The van der Waals surface area contributed by atoms with E-state index in [4.69, 9.17) is 28.3 Å². The first-order valence-electron chi connectivity index (χ1n) is 5.49. The maximum atomic E-state index is 12.2. The van der Waals surface area contributed by atoms with Gasteiger partial charge in [0, 0.05) is 11.5 Å². The Morgan fingerprint density at radius 1 is 1.17 bits per heavy atom. The molecule has 0 saturated heterocycles. The topological polar surface area (TPSA) is 54.4 Å². The van der Waals surface area contributed by atoms with Crippen LogP contribution in [0.25, 0.3) is 0 Å². The second-order valence-electron chi connectivity index (χ2n) is 5.11. The number of aliphatic carboxylic acids is 1. The minimum Gasteiger partial charge on any atom is -0.481 e. The fourth-order valence-electron chi connectivity index (χ4n) is 2.42. The molecule has 18 heavy (non-hydrogen) atoms. The average Bonchev–Trinajstić information content (AvgIpc) is 2.85. The van der Waals surface area contributed by atoms with E-state index in [0.29, 0.717) is 15.6 Å². The number of benzene rings is 1. The summed E-state index contributed by atoms with van der Waals surface area (Å²) >= 11 is 11.6. The summed E-state index contributed by atoms with van der Waals surface area (Å²) in [6, 6.07) is 4.60. The summed E-state index contributed by atoms with van der Waals surface area (Å²) in [6.45, 7) is 3.57. The number of Topliss-reactive ketones (excluding diaryl/α,β-unsaturated/α-hetero) is 1. The Kier molecular flexibility index (Phi) is 3.16. The Bertz CT molecular complexity index is 537. The van der Waals surface area contributed by atoms with Crippen molar-refractivity contribution in [1.82, 2.24) is 0 Å². The predicted octanol–water partition coefficient (Wildman–Crippen LogP) is 3.53. The van der Waals surface area contributed by atoms with Gasteiger partial charge in [0.05, 0.1) is 16.0 Å². The lowest BCUT2D eigenvalue weighted by atomic mass is 10.0. The number of carbonyl (C=O) groups excluding carboxylic acids is 1. The molecule has 0 heterocycles. The first kappa shape index (κ1) is 13.4. The number of hydrogen-bond donors (Lipinski definition) is 1. The molecular formula is C13H12Cl2O3. The number of carboxylic acid groups (broad SMARTS) is 1. The van der Waals surface area contributed by atoms with E-state index in [2.05, 4.69) is 0 Å². The Hall–Kier alpha value is -1.06. The third-order valence-corrected chi connectivity index (χ3v) is 4.32. The van der Waals surface area contributed by atoms with E-state index in [0.717, 1.165) is 0 Å². The molecule has 0 bridgehead atoms. The monoisotopic (exact) mass is 286 g/mol. The van der Waals surface area contributed by atoms with Crippen LogP contribution in [-0.4, -0.2) is 16.9 Å². The van der Waals surface area contributed by atoms with Crippen LogP contribution in [-0.2, 0) is 4.79 Å². The van der Waals surface area contributed by atoms with Crippen LogP contribution in [0.3, 0.4) is 0 Å². The highest BCUT2D eigenvalue weighted by Crippen LogP contribution is 2.59. The maximum Gasteiger partial charge on any atom is 0.307 e. The normalized spacial score (nSPS) is 24.7. The average molecular weight is 287 g/mol. The smallest absolute Gasteiger partial charge is 0.307 e. The van der Waals surface area contributed by atoms with E-state index in [1.54, 1.807) is 26.0 Å². The fourth-order valence-corrected chi connectivity index (χ4v) is 2.72. The summed E-state index contributed by atoms with van der Waals surface area (Å²) in [7, 11) is 0. The molecular weight excluding hydrogens is 275 g/mol. The molecule has 1 N–H and O–H groups in total. The van der Waals surface area contributed by atoms with Crippen molar-refractivity contribution in [1.29, 1.82) is 0 Å². The summed E-state index contributed by atoms with van der Waals surface area (Å²) in [4.78, 5) is 23.3. The van der Waals surface area contributed by atoms with Crippen molar-refractivity contribution in [3.8, 4) is 0 Å². The zero-order chi connectivity index (χ0) is 13.7. The van der Waals surface area contributed by atoms with Crippen LogP contribution in [0, 0.1) is 17.3 Å². The van der Waals surface area contributed by atoms with Crippen LogP contribution in [0.2, 0.25) is 10.0 Å². The molecule has 5 heteroatoms. The van der Waals surface area contributed by atoms with Gasteiger partial charge in [-0.3, -0.25) is 9.59 Å². The molecule has 0 radical (unpaired) electrons. The molecule has 2 unspecified atom stereocenters. The molecule has 0 aromatic heterocycles. The highest BCUT2D eigenvalue weighted by Gasteiger charge is 2.65. The number of ketones is 1. The summed E-state index contributed by atoms with van der Waals surface area (Å²) in [5, 5.41) is 9.73. The van der Waals surface area contributed by atoms with Crippen LogP contribution in [0.4, 0.5) is 0 Å². The van der Waals surface area contributed by atoms with Gasteiger partial charge >= 0.3 is 5.97 Å². The van der Waals surface area contributed by atoms with Crippen LogP contribution in [0.1, 0.15) is 24.2 Å². The van der Waals surface area contributed by atoms with Crippen molar-refractivity contribution in [3.63, 3.8) is 0 Å². The minimum absolute atomic E-state index is 0.189. The van der Waals surface area contributed by atoms with Gasteiger partial charge in [-0.15, -0.1) is 0 Å². The highest BCUT2D eigenvalue weighted by atomic mass is 35.5. The zero-order valence-corrected chi connectivity index (χ0v) is 11.4. The summed E-state index contributed by atoms with van der Waals surface area (Å²) in [5.41, 5.74) is -0.0964. The minimum atomic E-state index is -0.932. The van der Waals surface area contributed by atoms with Crippen LogP contribution < -0.4 is 0 Å². The summed E-state index contributed by atoms with van der Waals surface area (Å²) in [5.74, 6) is -2.24. The molecule has 0 spiro atoms. The summed E-state index contributed by atoms with van der Waals surface area (Å²) in [6.07, 6.45) is 0. The third kappa shape index (κ3) is 2.02. The largest absolute Gasteiger partial charge is 0.481 e. The Labute approximate surface area is 115 Å². The van der Waals surface area contributed by atoms with Gasteiger partial charge in [-0.1, -0.05) is 37.0 Å². The molecule has 1 saturated carbocycles. The molecule has 2 rings (SSSR count). The first-order valence-corrected chi connectivity index (χ1v) is 6.24. The number of carbonyl (C=O) groups is 2. The van der Waals surface area contributed by atoms with Crippen molar-refractivity contribution in [2.75, 3.05) is 0 Å². The van der Waals surface area contributed by atoms with Gasteiger partial charge in [0.1, 0.15) is 0 Å². The first-order chi connectivity index (χ1) is 8.26. The Balaban J connectivity index is 2.28. The second kappa shape index (κ2) is 4.25. The van der Waals surface area contributed by atoms with Crippen molar-refractivity contribution < 1.29 is 14.7 Å². The van der Waals surface area contributed by atoms with E-state index >= 15 is 0 Å². The van der Waals surface area contributed by atoms with Gasteiger partial charge < -0.3 is 5.11 Å². The van der Waals surface area contributed by atoms with Crippen molar-refractivity contribution >= 4 is 35.0 Å². The van der Waals surface area contributed by atoms with Crippen molar-refractivity contribution in [2.24, 2.45) is 17.3 Å². The van der Waals surface area contributed by atoms with E-state index in [1.807, 2.05) is 0 Å². The summed E-state index contributed by atoms with van der Waals surface area (Å²) < 4.78 is 0. The lowest BCUT2D eigenvalue weighted by Crippen LogP contribution is -2.08. The lowest BCUT2D eigenvalue weighted by molar-refractivity contribution is -0.139. The quantitative estimate of drug-likeness (QED) is 0.865. The number of carboxylic acids is 1. The molecule has 96 valence electrons.